The highest BCUT2D eigenvalue weighted by molar-refractivity contribution is 5.75. The summed E-state index contributed by atoms with van der Waals surface area (Å²) in [5, 5.41) is 0. The van der Waals surface area contributed by atoms with Crippen LogP contribution in [-0.2, 0) is 22.4 Å². The average molecular weight is 295 g/mol. The van der Waals surface area contributed by atoms with Gasteiger partial charge in [-0.3, -0.25) is 4.79 Å². The highest BCUT2D eigenvalue weighted by Crippen LogP contribution is 2.27. The van der Waals surface area contributed by atoms with Gasteiger partial charge in [0.1, 0.15) is 6.10 Å². The monoisotopic (exact) mass is 295 g/mol. The Labute approximate surface area is 131 Å². The van der Waals surface area contributed by atoms with Gasteiger partial charge in [0.15, 0.2) is 0 Å². The summed E-state index contributed by atoms with van der Waals surface area (Å²) in [7, 11) is 0. The molecule has 114 valence electrons. The molecule has 22 heavy (non-hydrogen) atoms. The topological polar surface area (TPSA) is 52.3 Å². The molecule has 3 nitrogen and oxygen atoms in total. The molecule has 1 heterocycles. The van der Waals surface area contributed by atoms with E-state index >= 15 is 0 Å². The van der Waals surface area contributed by atoms with Gasteiger partial charge in [0.2, 0.25) is 0 Å². The molecule has 0 unspecified atom stereocenters. The van der Waals surface area contributed by atoms with E-state index in [4.69, 9.17) is 10.5 Å². The van der Waals surface area contributed by atoms with Crippen LogP contribution < -0.4 is 5.73 Å². The highest BCUT2D eigenvalue weighted by Gasteiger charge is 2.37. The molecule has 1 saturated heterocycles. The molecule has 2 aromatic carbocycles. The van der Waals surface area contributed by atoms with Crippen molar-refractivity contribution < 1.29 is 9.53 Å². The predicted octanol–water partition coefficient (Wildman–Crippen LogP) is 2.73. The van der Waals surface area contributed by atoms with E-state index in [0.717, 1.165) is 12.8 Å². The summed E-state index contributed by atoms with van der Waals surface area (Å²) in [4.78, 5) is 12.1. The minimum Gasteiger partial charge on any atom is -0.460 e. The Morgan fingerprint density at radius 1 is 1.00 bits per heavy atom. The summed E-state index contributed by atoms with van der Waals surface area (Å²) in [5.74, 6) is -0.188. The van der Waals surface area contributed by atoms with Gasteiger partial charge in [-0.05, 0) is 30.4 Å². The standard InChI is InChI=1S/C19H21NO2/c20-17(12-15-9-5-2-6-10-15)18-13-16(19(21)22-18)11-14-7-3-1-4-8-14/h1-10,16-18H,11-13,20H2/t16-,17-,18-/m0/s1. The zero-order chi connectivity index (χ0) is 15.4. The second-order valence-electron chi connectivity index (χ2n) is 5.95. The number of hydrogen-bond donors (Lipinski definition) is 1. The fourth-order valence-electron chi connectivity index (χ4n) is 3.02. The van der Waals surface area contributed by atoms with Crippen molar-refractivity contribution in [2.24, 2.45) is 11.7 Å². The predicted molar refractivity (Wildman–Crippen MR) is 86.3 cm³/mol. The zero-order valence-corrected chi connectivity index (χ0v) is 12.5. The lowest BCUT2D eigenvalue weighted by atomic mass is 9.92. The Balaban J connectivity index is 1.59. The molecular formula is C19H21NO2. The molecule has 1 fully saturated rings. The maximum Gasteiger partial charge on any atom is 0.309 e. The zero-order valence-electron chi connectivity index (χ0n) is 12.5. The van der Waals surface area contributed by atoms with Crippen molar-refractivity contribution in [1.82, 2.24) is 0 Å². The number of benzene rings is 2. The highest BCUT2D eigenvalue weighted by atomic mass is 16.6. The SMILES string of the molecule is N[C@@H](Cc1ccccc1)[C@@H]1C[C@H](Cc2ccccc2)C(=O)O1. The van der Waals surface area contributed by atoms with Crippen LogP contribution in [0.4, 0.5) is 0 Å². The lowest BCUT2D eigenvalue weighted by Gasteiger charge is -2.18. The third kappa shape index (κ3) is 3.55. The van der Waals surface area contributed by atoms with Crippen molar-refractivity contribution in [3.8, 4) is 0 Å². The van der Waals surface area contributed by atoms with Crippen molar-refractivity contribution in [2.75, 3.05) is 0 Å². The Kier molecular flexibility index (Phi) is 4.54. The summed E-state index contributed by atoms with van der Waals surface area (Å²) in [6.07, 6.45) is 1.99. The Morgan fingerprint density at radius 2 is 1.59 bits per heavy atom. The number of ether oxygens (including phenoxy) is 1. The van der Waals surface area contributed by atoms with Gasteiger partial charge in [0, 0.05) is 6.04 Å². The maximum atomic E-state index is 12.1. The van der Waals surface area contributed by atoms with Gasteiger partial charge in [-0.2, -0.15) is 0 Å². The first-order valence-corrected chi connectivity index (χ1v) is 7.76. The van der Waals surface area contributed by atoms with Crippen LogP contribution >= 0.6 is 0 Å². The van der Waals surface area contributed by atoms with E-state index in [1.807, 2.05) is 48.5 Å². The largest absolute Gasteiger partial charge is 0.460 e. The number of esters is 1. The molecule has 0 amide bonds. The average Bonchev–Trinajstić information content (AvgIpc) is 2.90. The molecule has 1 aliphatic rings. The first-order valence-electron chi connectivity index (χ1n) is 7.76. The van der Waals surface area contributed by atoms with Crippen LogP contribution in [0.2, 0.25) is 0 Å². The second kappa shape index (κ2) is 6.75. The maximum absolute atomic E-state index is 12.1. The van der Waals surface area contributed by atoms with E-state index in [1.165, 1.54) is 11.1 Å². The van der Waals surface area contributed by atoms with Gasteiger partial charge in [-0.1, -0.05) is 60.7 Å². The number of carbonyl (C=O) groups is 1. The lowest BCUT2D eigenvalue weighted by Crippen LogP contribution is -2.36. The molecule has 0 saturated carbocycles. The molecule has 3 heteroatoms. The van der Waals surface area contributed by atoms with Crippen LogP contribution in [0, 0.1) is 5.92 Å². The third-order valence-electron chi connectivity index (χ3n) is 4.23. The summed E-state index contributed by atoms with van der Waals surface area (Å²) in [6.45, 7) is 0. The van der Waals surface area contributed by atoms with Crippen molar-refractivity contribution in [1.29, 1.82) is 0 Å². The van der Waals surface area contributed by atoms with Gasteiger partial charge >= 0.3 is 5.97 Å². The normalized spacial score (nSPS) is 22.3. The van der Waals surface area contributed by atoms with Gasteiger partial charge in [-0.25, -0.2) is 0 Å². The molecule has 3 atom stereocenters. The van der Waals surface area contributed by atoms with Crippen molar-refractivity contribution in [2.45, 2.75) is 31.4 Å². The number of carbonyl (C=O) groups excluding carboxylic acids is 1. The molecule has 0 radical (unpaired) electrons. The van der Waals surface area contributed by atoms with E-state index in [1.54, 1.807) is 0 Å². The van der Waals surface area contributed by atoms with Crippen LogP contribution in [0.15, 0.2) is 60.7 Å². The van der Waals surface area contributed by atoms with Crippen LogP contribution in [0.25, 0.3) is 0 Å². The summed E-state index contributed by atoms with van der Waals surface area (Å²) in [5.41, 5.74) is 8.60. The fourth-order valence-corrected chi connectivity index (χ4v) is 3.02. The second-order valence-corrected chi connectivity index (χ2v) is 5.95. The Morgan fingerprint density at radius 3 is 2.23 bits per heavy atom. The van der Waals surface area contributed by atoms with Crippen molar-refractivity contribution in [3.63, 3.8) is 0 Å². The smallest absolute Gasteiger partial charge is 0.309 e. The molecule has 1 aliphatic heterocycles. The van der Waals surface area contributed by atoms with E-state index in [-0.39, 0.29) is 24.0 Å². The molecule has 0 aliphatic carbocycles. The van der Waals surface area contributed by atoms with Crippen LogP contribution in [0.3, 0.4) is 0 Å². The van der Waals surface area contributed by atoms with E-state index in [9.17, 15) is 4.79 Å². The van der Waals surface area contributed by atoms with Gasteiger partial charge in [0.25, 0.3) is 0 Å². The molecule has 0 bridgehead atoms. The number of cyclic esters (lactones) is 1. The van der Waals surface area contributed by atoms with E-state index < -0.39 is 0 Å². The van der Waals surface area contributed by atoms with Crippen LogP contribution in [0.1, 0.15) is 17.5 Å². The quantitative estimate of drug-likeness (QED) is 0.863. The van der Waals surface area contributed by atoms with Gasteiger partial charge in [-0.15, -0.1) is 0 Å². The van der Waals surface area contributed by atoms with E-state index in [2.05, 4.69) is 12.1 Å². The van der Waals surface area contributed by atoms with Crippen LogP contribution in [0.5, 0.6) is 0 Å². The number of hydrogen-bond acceptors (Lipinski definition) is 3. The lowest BCUT2D eigenvalue weighted by molar-refractivity contribution is -0.144. The molecule has 0 aromatic heterocycles. The third-order valence-corrected chi connectivity index (χ3v) is 4.23. The minimum absolute atomic E-state index is 0.0748. The first-order chi connectivity index (χ1) is 10.7. The Hall–Kier alpha value is -2.13. The van der Waals surface area contributed by atoms with Crippen molar-refractivity contribution in [3.05, 3.63) is 71.8 Å². The Bertz CT molecular complexity index is 612. The number of rotatable bonds is 5. The first kappa shape index (κ1) is 14.8. The van der Waals surface area contributed by atoms with Gasteiger partial charge < -0.3 is 10.5 Å². The van der Waals surface area contributed by atoms with Gasteiger partial charge in [0.05, 0.1) is 5.92 Å². The summed E-state index contributed by atoms with van der Waals surface area (Å²) < 4.78 is 5.52. The molecule has 0 spiro atoms. The van der Waals surface area contributed by atoms with E-state index in [0.29, 0.717) is 6.42 Å². The number of nitrogens with two attached hydrogens (primary N) is 1. The molecular weight excluding hydrogens is 274 g/mol. The van der Waals surface area contributed by atoms with Crippen molar-refractivity contribution >= 4 is 5.97 Å². The summed E-state index contributed by atoms with van der Waals surface area (Å²) in [6, 6.07) is 20.0. The van der Waals surface area contributed by atoms with Crippen LogP contribution in [-0.4, -0.2) is 18.1 Å². The molecule has 2 aromatic rings. The molecule has 2 N–H and O–H groups in total. The minimum atomic E-state index is -0.179. The summed E-state index contributed by atoms with van der Waals surface area (Å²) >= 11 is 0. The molecule has 3 rings (SSSR count). The fraction of sp³-hybridized carbons (Fsp3) is 0.316.